The molecule has 16 heavy (non-hydrogen) atoms. The quantitative estimate of drug-likeness (QED) is 0.636. The second kappa shape index (κ2) is 4.36. The third kappa shape index (κ3) is 1.86. The molecule has 0 aromatic carbocycles. The molecule has 3 nitrogen and oxygen atoms in total. The van der Waals surface area contributed by atoms with Gasteiger partial charge in [0, 0.05) is 12.0 Å². The topological polar surface area (TPSA) is 29.5 Å². The van der Waals surface area contributed by atoms with E-state index in [0.717, 1.165) is 6.42 Å². The first-order valence-corrected chi connectivity index (χ1v) is 6.78. The van der Waals surface area contributed by atoms with Crippen LogP contribution in [0, 0.1) is 5.92 Å². The predicted molar refractivity (Wildman–Crippen MR) is 61.1 cm³/mol. The zero-order chi connectivity index (χ0) is 11.0. The highest BCUT2D eigenvalue weighted by Gasteiger charge is 2.46. The molecule has 2 aliphatic heterocycles. The second-order valence-corrected chi connectivity index (χ2v) is 5.49. The lowest BCUT2D eigenvalue weighted by atomic mass is 9.98. The van der Waals surface area contributed by atoms with E-state index in [9.17, 15) is 4.79 Å². The Balaban J connectivity index is 1.67. The highest BCUT2D eigenvalue weighted by atomic mass is 16.6. The van der Waals surface area contributed by atoms with Crippen LogP contribution >= 0.6 is 0 Å². The molecule has 3 aliphatic rings. The van der Waals surface area contributed by atoms with Gasteiger partial charge in [0.25, 0.3) is 0 Å². The fraction of sp³-hybridized carbons (Fsp3) is 0.923. The van der Waals surface area contributed by atoms with E-state index in [1.807, 2.05) is 0 Å². The summed E-state index contributed by atoms with van der Waals surface area (Å²) in [6.07, 6.45) is 8.69. The van der Waals surface area contributed by atoms with Crippen LogP contribution in [0.15, 0.2) is 0 Å². The maximum atomic E-state index is 11.3. The van der Waals surface area contributed by atoms with Crippen LogP contribution in [0.4, 0.5) is 0 Å². The fourth-order valence-electron chi connectivity index (χ4n) is 3.71. The molecule has 0 amide bonds. The third-order valence-electron chi connectivity index (χ3n) is 4.51. The van der Waals surface area contributed by atoms with E-state index in [1.54, 1.807) is 0 Å². The van der Waals surface area contributed by atoms with Crippen LogP contribution in [-0.4, -0.2) is 36.1 Å². The highest BCUT2D eigenvalue weighted by molar-refractivity contribution is 5.72. The minimum absolute atomic E-state index is 0.0366. The molecule has 3 rings (SSSR count). The summed E-state index contributed by atoms with van der Waals surface area (Å²) in [4.78, 5) is 14.0. The van der Waals surface area contributed by atoms with Gasteiger partial charge in [-0.1, -0.05) is 12.8 Å². The first-order chi connectivity index (χ1) is 7.84. The Hall–Kier alpha value is -0.570. The summed E-state index contributed by atoms with van der Waals surface area (Å²) in [6, 6.07) is 0.634. The Labute approximate surface area is 97.1 Å². The summed E-state index contributed by atoms with van der Waals surface area (Å²) >= 11 is 0. The lowest BCUT2D eigenvalue weighted by Gasteiger charge is -2.30. The van der Waals surface area contributed by atoms with Gasteiger partial charge in [-0.05, 0) is 38.8 Å². The Bertz CT molecular complexity index is 271. The lowest BCUT2D eigenvalue weighted by molar-refractivity contribution is -0.141. The third-order valence-corrected chi connectivity index (χ3v) is 4.51. The Kier molecular flexibility index (Phi) is 2.88. The van der Waals surface area contributed by atoms with Crippen LogP contribution in [0.25, 0.3) is 0 Å². The van der Waals surface area contributed by atoms with Gasteiger partial charge in [0.2, 0.25) is 0 Å². The van der Waals surface area contributed by atoms with Crippen LogP contribution in [-0.2, 0) is 9.53 Å². The molecule has 2 saturated heterocycles. The van der Waals surface area contributed by atoms with Gasteiger partial charge in [0.1, 0.15) is 6.10 Å². The summed E-state index contributed by atoms with van der Waals surface area (Å²) in [7, 11) is 0. The molecule has 1 aliphatic carbocycles. The van der Waals surface area contributed by atoms with Crippen LogP contribution in [0.1, 0.15) is 44.9 Å². The molecule has 0 bridgehead atoms. The van der Waals surface area contributed by atoms with Crippen molar-refractivity contribution in [2.45, 2.75) is 57.1 Å². The molecular formula is C13H21NO2. The number of hydrogen-bond acceptors (Lipinski definition) is 3. The molecule has 0 spiro atoms. The molecule has 0 N–H and O–H groups in total. The second-order valence-electron chi connectivity index (χ2n) is 5.49. The van der Waals surface area contributed by atoms with Gasteiger partial charge in [-0.15, -0.1) is 0 Å². The van der Waals surface area contributed by atoms with E-state index in [4.69, 9.17) is 4.74 Å². The van der Waals surface area contributed by atoms with Gasteiger partial charge in [0.05, 0.1) is 6.42 Å². The van der Waals surface area contributed by atoms with Crippen molar-refractivity contribution in [3.8, 4) is 0 Å². The average Bonchev–Trinajstić information content (AvgIpc) is 2.68. The van der Waals surface area contributed by atoms with Gasteiger partial charge >= 0.3 is 5.97 Å². The number of ether oxygens (including phenoxy) is 1. The van der Waals surface area contributed by atoms with Crippen molar-refractivity contribution < 1.29 is 9.53 Å². The molecule has 3 heteroatoms. The van der Waals surface area contributed by atoms with Gasteiger partial charge < -0.3 is 4.74 Å². The van der Waals surface area contributed by atoms with Gasteiger partial charge in [-0.2, -0.15) is 0 Å². The number of carbonyl (C=O) groups is 1. The van der Waals surface area contributed by atoms with Crippen molar-refractivity contribution in [1.29, 1.82) is 0 Å². The molecule has 0 aromatic heterocycles. The highest BCUT2D eigenvalue weighted by Crippen LogP contribution is 2.39. The Morgan fingerprint density at radius 3 is 2.56 bits per heavy atom. The zero-order valence-electron chi connectivity index (χ0n) is 9.86. The van der Waals surface area contributed by atoms with E-state index in [0.29, 0.717) is 18.4 Å². The van der Waals surface area contributed by atoms with E-state index < -0.39 is 0 Å². The number of likely N-dealkylation sites (tertiary alicyclic amines) is 1. The van der Waals surface area contributed by atoms with E-state index in [2.05, 4.69) is 4.90 Å². The van der Waals surface area contributed by atoms with Gasteiger partial charge in [0.15, 0.2) is 0 Å². The van der Waals surface area contributed by atoms with Crippen molar-refractivity contribution in [1.82, 2.24) is 4.90 Å². The molecule has 3 fully saturated rings. The number of hydrogen-bond donors (Lipinski definition) is 0. The monoisotopic (exact) mass is 223 g/mol. The Morgan fingerprint density at radius 1 is 1.06 bits per heavy atom. The minimum atomic E-state index is 0.0366. The van der Waals surface area contributed by atoms with Crippen LogP contribution in [0.5, 0.6) is 0 Å². The summed E-state index contributed by atoms with van der Waals surface area (Å²) in [6.45, 7) is 2.48. The van der Waals surface area contributed by atoms with E-state index >= 15 is 0 Å². The van der Waals surface area contributed by atoms with Crippen molar-refractivity contribution in [3.05, 3.63) is 0 Å². The summed E-state index contributed by atoms with van der Waals surface area (Å²) in [5.74, 6) is 0.542. The molecular weight excluding hydrogens is 202 g/mol. The number of rotatable bonds is 1. The maximum absolute atomic E-state index is 11.3. The summed E-state index contributed by atoms with van der Waals surface area (Å²) < 4.78 is 5.37. The number of carbonyl (C=O) groups excluding carboxylic acids is 1. The molecule has 90 valence electrons. The molecule has 0 unspecified atom stereocenters. The average molecular weight is 223 g/mol. The molecule has 3 atom stereocenters. The molecule has 1 saturated carbocycles. The number of esters is 1. The van der Waals surface area contributed by atoms with Gasteiger partial charge in [-0.3, -0.25) is 9.69 Å². The standard InChI is InChI=1S/C13H21NO2/c15-13-9-10-11(5-6-12(10)16-13)14-7-3-1-2-4-8-14/h10-12H,1-9H2/t10-,11+,12+/m0/s1. The molecule has 0 aromatic rings. The largest absolute Gasteiger partial charge is 0.462 e. The molecule has 0 radical (unpaired) electrons. The van der Waals surface area contributed by atoms with Crippen molar-refractivity contribution >= 4 is 5.97 Å². The van der Waals surface area contributed by atoms with Crippen LogP contribution in [0.3, 0.4) is 0 Å². The first kappa shape index (κ1) is 10.6. The zero-order valence-corrected chi connectivity index (χ0v) is 9.86. The number of nitrogens with zero attached hydrogens (tertiary/aromatic N) is 1. The van der Waals surface area contributed by atoms with Crippen LogP contribution in [0.2, 0.25) is 0 Å². The minimum Gasteiger partial charge on any atom is -0.462 e. The maximum Gasteiger partial charge on any atom is 0.306 e. The lowest BCUT2D eigenvalue weighted by Crippen LogP contribution is -2.39. The SMILES string of the molecule is O=C1C[C@H]2[C@H](N3CCCCCC3)CC[C@H]2O1. The van der Waals surface area contributed by atoms with E-state index in [-0.39, 0.29) is 12.1 Å². The van der Waals surface area contributed by atoms with Crippen molar-refractivity contribution in [3.63, 3.8) is 0 Å². The predicted octanol–water partition coefficient (Wildman–Crippen LogP) is 1.96. The molecule has 2 heterocycles. The smallest absolute Gasteiger partial charge is 0.306 e. The fourth-order valence-corrected chi connectivity index (χ4v) is 3.71. The summed E-state index contributed by atoms with van der Waals surface area (Å²) in [5.41, 5.74) is 0. The summed E-state index contributed by atoms with van der Waals surface area (Å²) in [5, 5.41) is 0. The van der Waals surface area contributed by atoms with Crippen molar-refractivity contribution in [2.75, 3.05) is 13.1 Å². The Morgan fingerprint density at radius 2 is 1.81 bits per heavy atom. The van der Waals surface area contributed by atoms with Crippen LogP contribution < -0.4 is 0 Å². The first-order valence-electron chi connectivity index (χ1n) is 6.78. The van der Waals surface area contributed by atoms with E-state index in [1.165, 1.54) is 45.2 Å². The normalized spacial score (nSPS) is 40.5. The van der Waals surface area contributed by atoms with Crippen molar-refractivity contribution in [2.24, 2.45) is 5.92 Å². The van der Waals surface area contributed by atoms with Gasteiger partial charge in [-0.25, -0.2) is 0 Å². The number of fused-ring (bicyclic) bond motifs is 1.